The van der Waals surface area contributed by atoms with Gasteiger partial charge in [0.1, 0.15) is 18.8 Å². The molecule has 0 saturated carbocycles. The van der Waals surface area contributed by atoms with Crippen LogP contribution in [0, 0.1) is 20.8 Å². The number of carbonyl (C=O) groups excluding carboxylic acids is 1. The Balaban J connectivity index is 1.86. The molecule has 0 aliphatic carbocycles. The van der Waals surface area contributed by atoms with Crippen molar-refractivity contribution in [1.82, 2.24) is 5.32 Å². The van der Waals surface area contributed by atoms with Crippen molar-refractivity contribution in [2.45, 2.75) is 39.6 Å². The number of nitrogens with one attached hydrogen (secondary N) is 1. The number of hydrogen-bond acceptors (Lipinski definition) is 4. The zero-order valence-corrected chi connectivity index (χ0v) is 14.8. The summed E-state index contributed by atoms with van der Waals surface area (Å²) < 4.78 is 5.08. The molecule has 0 radical (unpaired) electrons. The lowest BCUT2D eigenvalue weighted by molar-refractivity contribution is 0.0180. The highest BCUT2D eigenvalue weighted by Gasteiger charge is 2.21. The van der Waals surface area contributed by atoms with Crippen molar-refractivity contribution in [3.8, 4) is 0 Å². The summed E-state index contributed by atoms with van der Waals surface area (Å²) >= 11 is 0. The Kier molecular flexibility index (Phi) is 6.56. The molecule has 0 spiro atoms. The Morgan fingerprint density at radius 1 is 1.04 bits per heavy atom. The lowest BCUT2D eigenvalue weighted by Crippen LogP contribution is -2.36. The summed E-state index contributed by atoms with van der Waals surface area (Å²) in [6.07, 6.45) is -2.83. The molecule has 3 N–H and O–H groups in total. The minimum Gasteiger partial charge on any atom is -0.445 e. The van der Waals surface area contributed by atoms with Gasteiger partial charge in [0.05, 0.1) is 0 Å². The molecular weight excluding hydrogens is 318 g/mol. The van der Waals surface area contributed by atoms with Crippen LogP contribution in [-0.4, -0.2) is 29.0 Å². The number of ether oxygens (including phenoxy) is 1. The van der Waals surface area contributed by atoms with Crippen LogP contribution < -0.4 is 5.32 Å². The number of aryl methyl sites for hydroxylation is 3. The van der Waals surface area contributed by atoms with Gasteiger partial charge in [0.2, 0.25) is 0 Å². The lowest BCUT2D eigenvalue weighted by atomic mass is 9.95. The minimum absolute atomic E-state index is 0.0961. The van der Waals surface area contributed by atoms with Crippen LogP contribution in [-0.2, 0) is 11.3 Å². The first-order valence-electron chi connectivity index (χ1n) is 8.27. The third-order valence-corrected chi connectivity index (χ3v) is 4.23. The Morgan fingerprint density at radius 2 is 1.68 bits per heavy atom. The van der Waals surface area contributed by atoms with Gasteiger partial charge in [-0.05, 0) is 48.6 Å². The Labute approximate surface area is 148 Å². The van der Waals surface area contributed by atoms with E-state index in [9.17, 15) is 15.0 Å². The molecule has 0 fully saturated rings. The second kappa shape index (κ2) is 8.65. The predicted molar refractivity (Wildman–Crippen MR) is 96.2 cm³/mol. The molecule has 0 aliphatic heterocycles. The number of benzene rings is 2. The molecule has 2 unspecified atom stereocenters. The molecule has 5 nitrogen and oxygen atoms in total. The quantitative estimate of drug-likeness (QED) is 0.753. The van der Waals surface area contributed by atoms with E-state index >= 15 is 0 Å². The number of carbonyl (C=O) groups is 1. The molecule has 25 heavy (non-hydrogen) atoms. The molecule has 134 valence electrons. The zero-order valence-electron chi connectivity index (χ0n) is 14.8. The lowest BCUT2D eigenvalue weighted by Gasteiger charge is -2.21. The van der Waals surface area contributed by atoms with Gasteiger partial charge in [-0.25, -0.2) is 4.79 Å². The van der Waals surface area contributed by atoms with Crippen LogP contribution in [0.3, 0.4) is 0 Å². The number of hydrogen-bond donors (Lipinski definition) is 3. The summed E-state index contributed by atoms with van der Waals surface area (Å²) in [5, 5.41) is 23.0. The number of amides is 1. The molecule has 0 aromatic heterocycles. The molecule has 5 heteroatoms. The SMILES string of the molecule is Cc1cc(C)c(C(O)C(O)CNC(=O)OCc2ccccc2)cc1C. The molecule has 1 amide bonds. The third-order valence-electron chi connectivity index (χ3n) is 4.23. The fourth-order valence-electron chi connectivity index (χ4n) is 2.58. The third kappa shape index (κ3) is 5.31. The summed E-state index contributed by atoms with van der Waals surface area (Å²) in [7, 11) is 0. The second-order valence-electron chi connectivity index (χ2n) is 6.25. The average Bonchev–Trinajstić information content (AvgIpc) is 2.61. The van der Waals surface area contributed by atoms with Crippen molar-refractivity contribution < 1.29 is 19.7 Å². The van der Waals surface area contributed by atoms with E-state index in [0.29, 0.717) is 5.56 Å². The van der Waals surface area contributed by atoms with E-state index in [4.69, 9.17) is 4.74 Å². The molecular formula is C20H25NO4. The van der Waals surface area contributed by atoms with Crippen molar-refractivity contribution in [1.29, 1.82) is 0 Å². The normalized spacial score (nSPS) is 13.2. The molecule has 0 bridgehead atoms. The molecule has 0 saturated heterocycles. The summed E-state index contributed by atoms with van der Waals surface area (Å²) in [6, 6.07) is 13.2. The van der Waals surface area contributed by atoms with Crippen LogP contribution in [0.2, 0.25) is 0 Å². The van der Waals surface area contributed by atoms with Gasteiger partial charge in [0.15, 0.2) is 0 Å². The highest BCUT2D eigenvalue weighted by atomic mass is 16.5. The van der Waals surface area contributed by atoms with Crippen molar-refractivity contribution in [2.24, 2.45) is 0 Å². The van der Waals surface area contributed by atoms with E-state index in [0.717, 1.165) is 22.3 Å². The van der Waals surface area contributed by atoms with Crippen LogP contribution in [0.1, 0.15) is 33.9 Å². The van der Waals surface area contributed by atoms with E-state index in [2.05, 4.69) is 5.32 Å². The van der Waals surface area contributed by atoms with Gasteiger partial charge in [-0.2, -0.15) is 0 Å². The van der Waals surface area contributed by atoms with Crippen molar-refractivity contribution >= 4 is 6.09 Å². The van der Waals surface area contributed by atoms with Gasteiger partial charge >= 0.3 is 6.09 Å². The van der Waals surface area contributed by atoms with Crippen molar-refractivity contribution in [3.05, 3.63) is 70.3 Å². The van der Waals surface area contributed by atoms with Crippen molar-refractivity contribution in [3.63, 3.8) is 0 Å². The number of rotatable bonds is 6. The maximum absolute atomic E-state index is 11.7. The summed E-state index contributed by atoms with van der Waals surface area (Å²) in [5.74, 6) is 0. The first kappa shape index (κ1) is 19.0. The smallest absolute Gasteiger partial charge is 0.407 e. The molecule has 0 aliphatic rings. The van der Waals surface area contributed by atoms with Gasteiger partial charge < -0.3 is 20.3 Å². The minimum atomic E-state index is -1.12. The fourth-order valence-corrected chi connectivity index (χ4v) is 2.58. The molecule has 2 aromatic carbocycles. The van der Waals surface area contributed by atoms with Gasteiger partial charge in [-0.15, -0.1) is 0 Å². The zero-order chi connectivity index (χ0) is 18.4. The van der Waals surface area contributed by atoms with Crippen LogP contribution in [0.4, 0.5) is 4.79 Å². The predicted octanol–water partition coefficient (Wildman–Crippen LogP) is 2.93. The van der Waals surface area contributed by atoms with Crippen LogP contribution in [0.15, 0.2) is 42.5 Å². The van der Waals surface area contributed by atoms with E-state index < -0.39 is 18.3 Å². The number of alkyl carbamates (subject to hydrolysis) is 1. The Bertz CT molecular complexity index is 715. The van der Waals surface area contributed by atoms with E-state index in [1.807, 2.05) is 63.2 Å². The summed E-state index contributed by atoms with van der Waals surface area (Å²) in [5.41, 5.74) is 4.62. The topological polar surface area (TPSA) is 78.8 Å². The van der Waals surface area contributed by atoms with Gasteiger partial charge in [0.25, 0.3) is 0 Å². The van der Waals surface area contributed by atoms with Crippen molar-refractivity contribution in [2.75, 3.05) is 6.54 Å². The maximum Gasteiger partial charge on any atom is 0.407 e. The summed E-state index contributed by atoms with van der Waals surface area (Å²) in [6.45, 7) is 5.90. The monoisotopic (exact) mass is 343 g/mol. The molecule has 2 aromatic rings. The largest absolute Gasteiger partial charge is 0.445 e. The standard InChI is InChI=1S/C20H25NO4/c1-13-9-15(3)17(10-14(13)2)19(23)18(22)11-21-20(24)25-12-16-7-5-4-6-8-16/h4-10,18-19,22-23H,11-12H2,1-3H3,(H,21,24). The van der Waals surface area contributed by atoms with Gasteiger partial charge in [-0.1, -0.05) is 42.5 Å². The van der Waals surface area contributed by atoms with E-state index in [-0.39, 0.29) is 13.2 Å². The first-order chi connectivity index (χ1) is 11.9. The molecule has 0 heterocycles. The van der Waals surface area contributed by atoms with Crippen LogP contribution in [0.25, 0.3) is 0 Å². The highest BCUT2D eigenvalue weighted by molar-refractivity contribution is 5.67. The van der Waals surface area contributed by atoms with Crippen LogP contribution >= 0.6 is 0 Å². The first-order valence-corrected chi connectivity index (χ1v) is 8.27. The highest BCUT2D eigenvalue weighted by Crippen LogP contribution is 2.24. The average molecular weight is 343 g/mol. The van der Waals surface area contributed by atoms with E-state index in [1.165, 1.54) is 0 Å². The Hall–Kier alpha value is -2.37. The van der Waals surface area contributed by atoms with Gasteiger partial charge in [-0.3, -0.25) is 0 Å². The van der Waals surface area contributed by atoms with Crippen LogP contribution in [0.5, 0.6) is 0 Å². The van der Waals surface area contributed by atoms with Gasteiger partial charge in [0, 0.05) is 6.54 Å². The summed E-state index contributed by atoms with van der Waals surface area (Å²) in [4.78, 5) is 11.7. The molecule has 2 atom stereocenters. The van der Waals surface area contributed by atoms with E-state index in [1.54, 1.807) is 0 Å². The molecule has 2 rings (SSSR count). The fraction of sp³-hybridized carbons (Fsp3) is 0.350. The maximum atomic E-state index is 11.7. The number of aliphatic hydroxyl groups is 2. The second-order valence-corrected chi connectivity index (χ2v) is 6.25. The Morgan fingerprint density at radius 3 is 2.36 bits per heavy atom. The number of aliphatic hydroxyl groups excluding tert-OH is 2.